The van der Waals surface area contributed by atoms with E-state index < -0.39 is 30.3 Å². The molecule has 0 aromatic carbocycles. The third kappa shape index (κ3) is 5.88. The van der Waals surface area contributed by atoms with Crippen molar-refractivity contribution in [3.05, 3.63) is 0 Å². The Hall–Kier alpha value is -0.820. The van der Waals surface area contributed by atoms with Crippen LogP contribution in [0.2, 0.25) is 0 Å². The number of nitrogens with zero attached hydrogens (tertiary/aromatic N) is 1. The van der Waals surface area contributed by atoms with E-state index in [-0.39, 0.29) is 6.42 Å². The average molecular weight is 256 g/mol. The summed E-state index contributed by atoms with van der Waals surface area (Å²) in [7, 11) is 2.53. The highest BCUT2D eigenvalue weighted by molar-refractivity contribution is 5.79. The fourth-order valence-electron chi connectivity index (χ4n) is 1.52. The standard InChI is InChI=1S/C10H19F3N2O2/c1-7(15(3)6-10(11,12)13)5-9(2,14)8(16)17-4/h7H,5-6,14H2,1-4H3. The zero-order valence-electron chi connectivity index (χ0n) is 10.5. The first kappa shape index (κ1) is 16.2. The van der Waals surface area contributed by atoms with Crippen LogP contribution in [0.25, 0.3) is 0 Å². The summed E-state index contributed by atoms with van der Waals surface area (Å²) in [6, 6.07) is -0.481. The van der Waals surface area contributed by atoms with Gasteiger partial charge < -0.3 is 10.5 Å². The van der Waals surface area contributed by atoms with E-state index in [0.717, 1.165) is 4.90 Å². The number of hydrogen-bond donors (Lipinski definition) is 1. The number of nitrogens with two attached hydrogens (primary N) is 1. The van der Waals surface area contributed by atoms with Gasteiger partial charge in [0.25, 0.3) is 0 Å². The van der Waals surface area contributed by atoms with Gasteiger partial charge in [-0.25, -0.2) is 0 Å². The molecule has 0 rings (SSSR count). The molecule has 0 heterocycles. The van der Waals surface area contributed by atoms with Crippen LogP contribution in [0.5, 0.6) is 0 Å². The summed E-state index contributed by atoms with van der Waals surface area (Å²) < 4.78 is 41.0. The van der Waals surface area contributed by atoms with Gasteiger partial charge in [0.1, 0.15) is 5.54 Å². The largest absolute Gasteiger partial charge is 0.468 e. The smallest absolute Gasteiger partial charge is 0.401 e. The molecule has 0 bridgehead atoms. The Bertz CT molecular complexity index is 267. The Balaban J connectivity index is 4.43. The van der Waals surface area contributed by atoms with Crippen molar-refractivity contribution in [2.75, 3.05) is 20.7 Å². The van der Waals surface area contributed by atoms with E-state index in [1.54, 1.807) is 6.92 Å². The number of alkyl halides is 3. The van der Waals surface area contributed by atoms with Crippen molar-refractivity contribution in [2.45, 2.75) is 38.0 Å². The van der Waals surface area contributed by atoms with E-state index in [0.29, 0.717) is 0 Å². The van der Waals surface area contributed by atoms with Gasteiger partial charge in [0.15, 0.2) is 0 Å². The summed E-state index contributed by atoms with van der Waals surface area (Å²) in [5, 5.41) is 0. The highest BCUT2D eigenvalue weighted by Crippen LogP contribution is 2.20. The molecule has 7 heteroatoms. The van der Waals surface area contributed by atoms with Crippen molar-refractivity contribution in [1.29, 1.82) is 0 Å². The first-order valence-corrected chi connectivity index (χ1v) is 5.14. The van der Waals surface area contributed by atoms with Gasteiger partial charge in [0, 0.05) is 6.04 Å². The number of carbonyl (C=O) groups excluding carboxylic acids is 1. The van der Waals surface area contributed by atoms with Gasteiger partial charge in [0.2, 0.25) is 0 Å². The molecule has 2 N–H and O–H groups in total. The van der Waals surface area contributed by atoms with Gasteiger partial charge in [-0.2, -0.15) is 13.2 Å². The van der Waals surface area contributed by atoms with Crippen LogP contribution in [-0.2, 0) is 9.53 Å². The maximum atomic E-state index is 12.2. The fourth-order valence-corrected chi connectivity index (χ4v) is 1.52. The van der Waals surface area contributed by atoms with Crippen LogP contribution in [0, 0.1) is 0 Å². The number of carbonyl (C=O) groups is 1. The Labute approximate surface area is 98.9 Å². The lowest BCUT2D eigenvalue weighted by atomic mass is 9.94. The Morgan fingerprint density at radius 2 is 1.94 bits per heavy atom. The Morgan fingerprint density at radius 3 is 2.29 bits per heavy atom. The molecule has 0 aliphatic heterocycles. The molecule has 17 heavy (non-hydrogen) atoms. The van der Waals surface area contributed by atoms with E-state index in [1.165, 1.54) is 21.1 Å². The molecule has 0 fully saturated rings. The molecule has 0 aliphatic carbocycles. The predicted molar refractivity (Wildman–Crippen MR) is 57.4 cm³/mol. The lowest BCUT2D eigenvalue weighted by Crippen LogP contribution is -2.51. The molecule has 0 spiro atoms. The molecule has 2 atom stereocenters. The van der Waals surface area contributed by atoms with Crippen LogP contribution in [0.1, 0.15) is 20.3 Å². The molecule has 0 amide bonds. The highest BCUT2D eigenvalue weighted by atomic mass is 19.4. The number of rotatable bonds is 5. The quantitative estimate of drug-likeness (QED) is 0.750. The average Bonchev–Trinajstić information content (AvgIpc) is 2.12. The molecule has 2 unspecified atom stereocenters. The van der Waals surface area contributed by atoms with Gasteiger partial charge >= 0.3 is 12.1 Å². The highest BCUT2D eigenvalue weighted by Gasteiger charge is 2.35. The minimum atomic E-state index is -4.26. The second-order valence-electron chi connectivity index (χ2n) is 4.49. The van der Waals surface area contributed by atoms with Crippen LogP contribution in [0.3, 0.4) is 0 Å². The maximum Gasteiger partial charge on any atom is 0.401 e. The first-order chi connectivity index (χ1) is 7.49. The molecule has 0 aliphatic rings. The van der Waals surface area contributed by atoms with Crippen molar-refractivity contribution < 1.29 is 22.7 Å². The lowest BCUT2D eigenvalue weighted by Gasteiger charge is -2.31. The normalized spacial score (nSPS) is 17.7. The van der Waals surface area contributed by atoms with E-state index in [4.69, 9.17) is 5.73 Å². The van der Waals surface area contributed by atoms with E-state index in [9.17, 15) is 18.0 Å². The van der Waals surface area contributed by atoms with Gasteiger partial charge in [0.05, 0.1) is 13.7 Å². The zero-order chi connectivity index (χ0) is 13.9. The molecule has 0 radical (unpaired) electrons. The van der Waals surface area contributed by atoms with Gasteiger partial charge in [-0.3, -0.25) is 9.69 Å². The van der Waals surface area contributed by atoms with Crippen molar-refractivity contribution in [1.82, 2.24) is 4.90 Å². The molecule has 0 saturated heterocycles. The SMILES string of the molecule is COC(=O)C(C)(N)CC(C)N(C)CC(F)(F)F. The third-order valence-electron chi connectivity index (χ3n) is 2.55. The van der Waals surface area contributed by atoms with Crippen LogP contribution in [-0.4, -0.2) is 49.3 Å². The van der Waals surface area contributed by atoms with E-state index in [2.05, 4.69) is 4.74 Å². The minimum Gasteiger partial charge on any atom is -0.468 e. The summed E-state index contributed by atoms with van der Waals surface area (Å²) in [6.45, 7) is 1.99. The molecule has 0 saturated carbocycles. The van der Waals surface area contributed by atoms with Gasteiger partial charge in [-0.05, 0) is 27.3 Å². The number of hydrogen-bond acceptors (Lipinski definition) is 4. The zero-order valence-corrected chi connectivity index (χ0v) is 10.5. The first-order valence-electron chi connectivity index (χ1n) is 5.14. The number of ether oxygens (including phenoxy) is 1. The van der Waals surface area contributed by atoms with E-state index in [1.807, 2.05) is 0 Å². The van der Waals surface area contributed by atoms with Crippen molar-refractivity contribution in [3.8, 4) is 0 Å². The van der Waals surface area contributed by atoms with Crippen LogP contribution in [0.15, 0.2) is 0 Å². The number of halogens is 3. The summed E-state index contributed by atoms with van der Waals surface area (Å²) in [6.07, 6.45) is -4.18. The Morgan fingerprint density at radius 1 is 1.47 bits per heavy atom. The Kier molecular flexibility index (Phi) is 5.41. The monoisotopic (exact) mass is 256 g/mol. The molecule has 4 nitrogen and oxygen atoms in total. The van der Waals surface area contributed by atoms with Crippen LogP contribution >= 0.6 is 0 Å². The second-order valence-corrected chi connectivity index (χ2v) is 4.49. The van der Waals surface area contributed by atoms with Crippen molar-refractivity contribution in [2.24, 2.45) is 5.73 Å². The molecule has 0 aromatic rings. The van der Waals surface area contributed by atoms with Crippen LogP contribution in [0.4, 0.5) is 13.2 Å². The molecular weight excluding hydrogens is 237 g/mol. The summed E-state index contributed by atoms with van der Waals surface area (Å²) in [5.74, 6) is -0.634. The minimum absolute atomic E-state index is 0.0895. The molecule has 0 aromatic heterocycles. The fraction of sp³-hybridized carbons (Fsp3) is 0.900. The number of methoxy groups -OCH3 is 1. The summed E-state index contributed by atoms with van der Waals surface area (Å²) in [5.41, 5.74) is 4.41. The number of esters is 1. The van der Waals surface area contributed by atoms with Crippen molar-refractivity contribution >= 4 is 5.97 Å². The van der Waals surface area contributed by atoms with Crippen LogP contribution < -0.4 is 5.73 Å². The lowest BCUT2D eigenvalue weighted by molar-refractivity contribution is -0.151. The molecule has 102 valence electrons. The second kappa shape index (κ2) is 5.68. The summed E-state index contributed by atoms with van der Waals surface area (Å²) in [4.78, 5) is 12.4. The predicted octanol–water partition coefficient (Wildman–Crippen LogP) is 1.15. The topological polar surface area (TPSA) is 55.6 Å². The van der Waals surface area contributed by atoms with Crippen molar-refractivity contribution in [3.63, 3.8) is 0 Å². The molecular formula is C10H19F3N2O2. The third-order valence-corrected chi connectivity index (χ3v) is 2.55. The van der Waals surface area contributed by atoms with E-state index >= 15 is 0 Å². The van der Waals surface area contributed by atoms with Gasteiger partial charge in [-0.15, -0.1) is 0 Å². The van der Waals surface area contributed by atoms with Gasteiger partial charge in [-0.1, -0.05) is 0 Å². The summed E-state index contributed by atoms with van der Waals surface area (Å²) >= 11 is 0. The maximum absolute atomic E-state index is 12.2.